The number of hydrogen-bond donors (Lipinski definition) is 1. The highest BCUT2D eigenvalue weighted by molar-refractivity contribution is 7.92. The van der Waals surface area contributed by atoms with Gasteiger partial charge in [-0.15, -0.1) is 10.2 Å². The first kappa shape index (κ1) is 21.1. The standard InChI is InChI=1S/C21H19N5O5S/c1-29-17-8-9-18(30-2)19(14-17)32(27,28)25-15-4-6-16(7-5-15)31-21-11-10-20(23-24-21)26-13-3-12-22-26/h3-14,25H,1-2H3. The van der Waals surface area contributed by atoms with E-state index >= 15 is 0 Å². The van der Waals surface area contributed by atoms with Crippen molar-refractivity contribution >= 4 is 15.7 Å². The van der Waals surface area contributed by atoms with Crippen LogP contribution in [0, 0.1) is 0 Å². The molecule has 11 heteroatoms. The summed E-state index contributed by atoms with van der Waals surface area (Å²) in [6.07, 6.45) is 3.40. The van der Waals surface area contributed by atoms with Gasteiger partial charge in [-0.25, -0.2) is 13.1 Å². The molecule has 0 aliphatic carbocycles. The molecule has 0 fully saturated rings. The van der Waals surface area contributed by atoms with E-state index in [0.29, 0.717) is 23.0 Å². The number of aromatic nitrogens is 4. The Morgan fingerprint density at radius 2 is 1.69 bits per heavy atom. The zero-order chi connectivity index (χ0) is 22.6. The Morgan fingerprint density at radius 3 is 2.31 bits per heavy atom. The number of nitrogens with one attached hydrogen (secondary N) is 1. The highest BCUT2D eigenvalue weighted by atomic mass is 32.2. The van der Waals surface area contributed by atoms with E-state index in [0.717, 1.165) is 0 Å². The molecule has 0 aliphatic heterocycles. The Bertz CT molecular complexity index is 1290. The number of benzene rings is 2. The molecule has 0 saturated heterocycles. The fraction of sp³-hybridized carbons (Fsp3) is 0.0952. The first-order valence-electron chi connectivity index (χ1n) is 9.35. The average Bonchev–Trinajstić information content (AvgIpc) is 3.35. The third-order valence-electron chi connectivity index (χ3n) is 4.35. The van der Waals surface area contributed by atoms with Crippen LogP contribution in [0.2, 0.25) is 0 Å². The van der Waals surface area contributed by atoms with Gasteiger partial charge in [-0.1, -0.05) is 0 Å². The van der Waals surface area contributed by atoms with E-state index in [1.54, 1.807) is 65.6 Å². The number of sulfonamides is 1. The second-order valence-electron chi connectivity index (χ2n) is 6.43. The van der Waals surface area contributed by atoms with Crippen molar-refractivity contribution < 1.29 is 22.6 Å². The van der Waals surface area contributed by atoms with Crippen molar-refractivity contribution in [3.63, 3.8) is 0 Å². The van der Waals surface area contributed by atoms with Crippen LogP contribution in [0.3, 0.4) is 0 Å². The van der Waals surface area contributed by atoms with E-state index in [9.17, 15) is 8.42 Å². The molecule has 4 rings (SSSR count). The maximum Gasteiger partial charge on any atom is 0.265 e. The monoisotopic (exact) mass is 453 g/mol. The molecule has 32 heavy (non-hydrogen) atoms. The number of anilines is 1. The predicted molar refractivity (Wildman–Crippen MR) is 116 cm³/mol. The van der Waals surface area contributed by atoms with Crippen LogP contribution in [0.4, 0.5) is 5.69 Å². The Hall–Kier alpha value is -4.12. The van der Waals surface area contributed by atoms with Gasteiger partial charge in [-0.05, 0) is 48.5 Å². The van der Waals surface area contributed by atoms with Crippen LogP contribution in [0.15, 0.2) is 78.0 Å². The fourth-order valence-corrected chi connectivity index (χ4v) is 4.05. The number of methoxy groups -OCH3 is 2. The van der Waals surface area contributed by atoms with Crippen LogP contribution in [-0.2, 0) is 10.0 Å². The molecular weight excluding hydrogens is 434 g/mol. The molecule has 2 aromatic carbocycles. The lowest BCUT2D eigenvalue weighted by atomic mass is 10.3. The molecule has 10 nitrogen and oxygen atoms in total. The third-order valence-corrected chi connectivity index (χ3v) is 5.76. The van der Waals surface area contributed by atoms with Crippen molar-refractivity contribution in [1.29, 1.82) is 0 Å². The summed E-state index contributed by atoms with van der Waals surface area (Å²) in [6.45, 7) is 0. The van der Waals surface area contributed by atoms with Crippen molar-refractivity contribution in [2.24, 2.45) is 0 Å². The molecule has 0 atom stereocenters. The zero-order valence-corrected chi connectivity index (χ0v) is 18.0. The summed E-state index contributed by atoms with van der Waals surface area (Å²) in [4.78, 5) is -0.0350. The lowest BCUT2D eigenvalue weighted by Crippen LogP contribution is -2.14. The third kappa shape index (κ3) is 4.62. The summed E-state index contributed by atoms with van der Waals surface area (Å²) in [6, 6.07) is 16.1. The molecule has 0 aliphatic rings. The molecule has 164 valence electrons. The smallest absolute Gasteiger partial charge is 0.265 e. The van der Waals surface area contributed by atoms with E-state index in [1.165, 1.54) is 26.4 Å². The van der Waals surface area contributed by atoms with E-state index in [-0.39, 0.29) is 16.5 Å². The van der Waals surface area contributed by atoms with Crippen LogP contribution in [0.25, 0.3) is 5.82 Å². The molecule has 4 aromatic rings. The second kappa shape index (κ2) is 8.94. The first-order chi connectivity index (χ1) is 15.5. The molecular formula is C21H19N5O5S. The largest absolute Gasteiger partial charge is 0.497 e. The lowest BCUT2D eigenvalue weighted by Gasteiger charge is -2.13. The summed E-state index contributed by atoms with van der Waals surface area (Å²) < 4.78 is 45.8. The highest BCUT2D eigenvalue weighted by Gasteiger charge is 2.21. The van der Waals surface area contributed by atoms with Gasteiger partial charge >= 0.3 is 0 Å². The van der Waals surface area contributed by atoms with Crippen molar-refractivity contribution in [2.45, 2.75) is 4.90 Å². The molecule has 0 unspecified atom stereocenters. The normalized spacial score (nSPS) is 11.1. The summed E-state index contributed by atoms with van der Waals surface area (Å²) in [5.74, 6) is 1.91. The Balaban J connectivity index is 1.47. The van der Waals surface area contributed by atoms with Gasteiger partial charge in [0.05, 0.1) is 14.2 Å². The Kier molecular flexibility index (Phi) is 5.90. The minimum absolute atomic E-state index is 0.0350. The van der Waals surface area contributed by atoms with Crippen LogP contribution in [0.5, 0.6) is 23.1 Å². The molecule has 0 bridgehead atoms. The lowest BCUT2D eigenvalue weighted by molar-refractivity contribution is 0.392. The summed E-state index contributed by atoms with van der Waals surface area (Å²) >= 11 is 0. The summed E-state index contributed by atoms with van der Waals surface area (Å²) in [5, 5.41) is 12.2. The SMILES string of the molecule is COc1ccc(OC)c(S(=O)(=O)Nc2ccc(Oc3ccc(-n4cccn4)nn3)cc2)c1. The van der Waals surface area contributed by atoms with E-state index in [2.05, 4.69) is 20.0 Å². The maximum atomic E-state index is 12.9. The number of hydrogen-bond acceptors (Lipinski definition) is 8. The van der Waals surface area contributed by atoms with Gasteiger partial charge in [0.2, 0.25) is 5.88 Å². The van der Waals surface area contributed by atoms with Crippen molar-refractivity contribution in [3.05, 3.63) is 73.1 Å². The average molecular weight is 453 g/mol. The van der Waals surface area contributed by atoms with Crippen LogP contribution in [0.1, 0.15) is 0 Å². The van der Waals surface area contributed by atoms with Gasteiger partial charge in [0.1, 0.15) is 22.1 Å². The molecule has 2 aromatic heterocycles. The molecule has 0 amide bonds. The summed E-state index contributed by atoms with van der Waals surface area (Å²) in [7, 11) is -1.05. The topological polar surface area (TPSA) is 117 Å². The Labute approximate surface area is 184 Å². The quantitative estimate of drug-likeness (QED) is 0.432. The molecule has 1 N–H and O–H groups in total. The van der Waals surface area contributed by atoms with E-state index in [4.69, 9.17) is 14.2 Å². The van der Waals surface area contributed by atoms with Crippen LogP contribution in [-0.4, -0.2) is 42.6 Å². The van der Waals surface area contributed by atoms with E-state index < -0.39 is 10.0 Å². The van der Waals surface area contributed by atoms with Gasteiger partial charge < -0.3 is 14.2 Å². The number of ether oxygens (including phenoxy) is 3. The molecule has 0 spiro atoms. The first-order valence-corrected chi connectivity index (χ1v) is 10.8. The van der Waals surface area contributed by atoms with Gasteiger partial charge in [-0.2, -0.15) is 5.10 Å². The minimum Gasteiger partial charge on any atom is -0.497 e. The zero-order valence-electron chi connectivity index (χ0n) is 17.2. The predicted octanol–water partition coefficient (Wildman–Crippen LogP) is 3.27. The van der Waals surface area contributed by atoms with Crippen LogP contribution < -0.4 is 18.9 Å². The van der Waals surface area contributed by atoms with Crippen molar-refractivity contribution in [2.75, 3.05) is 18.9 Å². The molecule has 0 saturated carbocycles. The van der Waals surface area contributed by atoms with E-state index in [1.807, 2.05) is 0 Å². The van der Waals surface area contributed by atoms with Crippen LogP contribution >= 0.6 is 0 Å². The number of rotatable bonds is 8. The second-order valence-corrected chi connectivity index (χ2v) is 8.08. The minimum atomic E-state index is -3.91. The number of nitrogens with zero attached hydrogens (tertiary/aromatic N) is 4. The highest BCUT2D eigenvalue weighted by Crippen LogP contribution is 2.30. The molecule has 2 heterocycles. The van der Waals surface area contributed by atoms with Gasteiger partial charge in [-0.3, -0.25) is 4.72 Å². The summed E-state index contributed by atoms with van der Waals surface area (Å²) in [5.41, 5.74) is 0.349. The molecule has 0 radical (unpaired) electrons. The van der Waals surface area contributed by atoms with Gasteiger partial charge in [0.25, 0.3) is 10.0 Å². The maximum absolute atomic E-state index is 12.9. The Morgan fingerprint density at radius 1 is 0.906 bits per heavy atom. The van der Waals surface area contributed by atoms with Crippen molar-refractivity contribution in [1.82, 2.24) is 20.0 Å². The van der Waals surface area contributed by atoms with Gasteiger partial charge in [0.15, 0.2) is 5.82 Å². The fourth-order valence-electron chi connectivity index (χ4n) is 2.81. The van der Waals surface area contributed by atoms with Crippen molar-refractivity contribution in [3.8, 4) is 28.9 Å². The van der Waals surface area contributed by atoms with Gasteiger partial charge in [0, 0.05) is 30.2 Å².